The highest BCUT2D eigenvalue weighted by molar-refractivity contribution is 9.10. The first-order chi connectivity index (χ1) is 11.5. The highest BCUT2D eigenvalue weighted by Gasteiger charge is 2.08. The fourth-order valence-corrected chi connectivity index (χ4v) is 3.15. The first-order valence-electron chi connectivity index (χ1n) is 7.47. The molecule has 0 heterocycles. The van der Waals surface area contributed by atoms with E-state index in [0.29, 0.717) is 5.69 Å². The third-order valence-electron chi connectivity index (χ3n) is 3.44. The van der Waals surface area contributed by atoms with Crippen molar-refractivity contribution in [2.75, 3.05) is 17.6 Å². The predicted octanol–water partition coefficient (Wildman–Crippen LogP) is 3.91. The van der Waals surface area contributed by atoms with Crippen LogP contribution in [0.25, 0.3) is 0 Å². The van der Waals surface area contributed by atoms with Crippen LogP contribution in [-0.4, -0.2) is 24.1 Å². The molecule has 2 N–H and O–H groups in total. The van der Waals surface area contributed by atoms with Crippen LogP contribution in [0, 0.1) is 13.8 Å². The molecule has 0 saturated carbocycles. The van der Waals surface area contributed by atoms with Gasteiger partial charge in [-0.1, -0.05) is 18.2 Å². The number of thioether (sulfide) groups is 1. The Kier molecular flexibility index (Phi) is 6.87. The topological polar surface area (TPSA) is 58.2 Å². The number of hydrogen-bond acceptors (Lipinski definition) is 3. The Morgan fingerprint density at radius 2 is 1.79 bits per heavy atom. The van der Waals surface area contributed by atoms with Gasteiger partial charge in [-0.25, -0.2) is 0 Å². The molecule has 0 bridgehead atoms. The lowest BCUT2D eigenvalue weighted by molar-refractivity contribution is -0.122. The van der Waals surface area contributed by atoms with Crippen molar-refractivity contribution in [3.05, 3.63) is 58.1 Å². The van der Waals surface area contributed by atoms with Crippen LogP contribution in [0.1, 0.15) is 11.1 Å². The van der Waals surface area contributed by atoms with E-state index < -0.39 is 0 Å². The summed E-state index contributed by atoms with van der Waals surface area (Å²) in [5, 5.41) is 5.38. The molecule has 0 spiro atoms. The summed E-state index contributed by atoms with van der Waals surface area (Å²) in [7, 11) is 0. The minimum atomic E-state index is -0.258. The molecular weight excluding hydrogens is 388 g/mol. The summed E-state index contributed by atoms with van der Waals surface area (Å²) in [6.45, 7) is 4.05. The number of nitrogens with one attached hydrogen (secondary N) is 2. The molecule has 6 heteroatoms. The van der Waals surface area contributed by atoms with Crippen LogP contribution in [0.15, 0.2) is 51.8 Å². The Bertz CT molecular complexity index is 750. The molecule has 0 aromatic heterocycles. The SMILES string of the molecule is Cc1ccc(SCC(=O)NCC(=O)Nc2ccccc2Br)cc1C. The van der Waals surface area contributed by atoms with Crippen molar-refractivity contribution in [3.8, 4) is 0 Å². The van der Waals surface area contributed by atoms with Crippen molar-refractivity contribution < 1.29 is 9.59 Å². The van der Waals surface area contributed by atoms with Gasteiger partial charge in [-0.3, -0.25) is 9.59 Å². The van der Waals surface area contributed by atoms with Crippen LogP contribution < -0.4 is 10.6 Å². The lowest BCUT2D eigenvalue weighted by atomic mass is 10.1. The Hall–Kier alpha value is -1.79. The predicted molar refractivity (Wildman–Crippen MR) is 102 cm³/mol. The largest absolute Gasteiger partial charge is 0.346 e. The zero-order valence-corrected chi connectivity index (χ0v) is 16.0. The van der Waals surface area contributed by atoms with E-state index in [-0.39, 0.29) is 24.1 Å². The molecule has 0 saturated heterocycles. The van der Waals surface area contributed by atoms with Gasteiger partial charge in [-0.15, -0.1) is 11.8 Å². The molecule has 0 atom stereocenters. The van der Waals surface area contributed by atoms with E-state index in [1.165, 1.54) is 22.9 Å². The maximum atomic E-state index is 11.9. The number of para-hydroxylation sites is 1. The minimum Gasteiger partial charge on any atom is -0.346 e. The zero-order valence-electron chi connectivity index (χ0n) is 13.6. The highest BCUT2D eigenvalue weighted by atomic mass is 79.9. The summed E-state index contributed by atoms with van der Waals surface area (Å²) in [6.07, 6.45) is 0. The van der Waals surface area contributed by atoms with Gasteiger partial charge in [0.15, 0.2) is 0 Å². The Morgan fingerprint density at radius 3 is 2.50 bits per heavy atom. The highest BCUT2D eigenvalue weighted by Crippen LogP contribution is 2.21. The Balaban J connectivity index is 1.75. The molecule has 2 aromatic carbocycles. The Morgan fingerprint density at radius 1 is 1.04 bits per heavy atom. The molecule has 4 nitrogen and oxygen atoms in total. The third-order valence-corrected chi connectivity index (χ3v) is 5.13. The van der Waals surface area contributed by atoms with Crippen molar-refractivity contribution in [1.29, 1.82) is 0 Å². The van der Waals surface area contributed by atoms with Gasteiger partial charge in [0.25, 0.3) is 0 Å². The van der Waals surface area contributed by atoms with Crippen LogP contribution in [0.4, 0.5) is 5.69 Å². The van der Waals surface area contributed by atoms with Crippen LogP contribution in [0.5, 0.6) is 0 Å². The lowest BCUT2D eigenvalue weighted by Gasteiger charge is -2.09. The van der Waals surface area contributed by atoms with E-state index in [1.54, 1.807) is 6.07 Å². The van der Waals surface area contributed by atoms with E-state index in [4.69, 9.17) is 0 Å². The van der Waals surface area contributed by atoms with Gasteiger partial charge in [-0.2, -0.15) is 0 Å². The summed E-state index contributed by atoms with van der Waals surface area (Å²) in [5.41, 5.74) is 3.11. The van der Waals surface area contributed by atoms with Crippen molar-refractivity contribution in [2.45, 2.75) is 18.7 Å². The average molecular weight is 407 g/mol. The monoisotopic (exact) mass is 406 g/mol. The van der Waals surface area contributed by atoms with Crippen LogP contribution in [0.3, 0.4) is 0 Å². The van der Waals surface area contributed by atoms with Gasteiger partial charge < -0.3 is 10.6 Å². The van der Waals surface area contributed by atoms with E-state index in [0.717, 1.165) is 9.37 Å². The number of benzene rings is 2. The number of rotatable bonds is 6. The van der Waals surface area contributed by atoms with Gasteiger partial charge in [0.2, 0.25) is 11.8 Å². The average Bonchev–Trinajstić information content (AvgIpc) is 2.56. The maximum Gasteiger partial charge on any atom is 0.243 e. The van der Waals surface area contributed by atoms with Gasteiger partial charge in [-0.05, 0) is 65.2 Å². The van der Waals surface area contributed by atoms with Crippen LogP contribution >= 0.6 is 27.7 Å². The summed E-state index contributed by atoms with van der Waals surface area (Å²) < 4.78 is 0.801. The standard InChI is InChI=1S/C18H19BrN2O2S/c1-12-7-8-14(9-13(12)2)24-11-18(23)20-10-17(22)21-16-6-4-3-5-15(16)19/h3-9H,10-11H2,1-2H3,(H,20,23)(H,21,22). The zero-order chi connectivity index (χ0) is 17.5. The first-order valence-corrected chi connectivity index (χ1v) is 9.24. The van der Waals surface area contributed by atoms with Crippen LogP contribution in [-0.2, 0) is 9.59 Å². The summed E-state index contributed by atoms with van der Waals surface area (Å²) in [6, 6.07) is 13.4. The summed E-state index contributed by atoms with van der Waals surface area (Å²) >= 11 is 4.82. The molecule has 2 amide bonds. The number of carbonyl (C=O) groups excluding carboxylic acids is 2. The van der Waals surface area contributed by atoms with Crippen molar-refractivity contribution in [1.82, 2.24) is 5.32 Å². The minimum absolute atomic E-state index is 0.0480. The molecule has 0 aliphatic heterocycles. The molecule has 2 rings (SSSR count). The third kappa shape index (κ3) is 5.69. The van der Waals surface area contributed by atoms with Gasteiger partial charge >= 0.3 is 0 Å². The number of carbonyl (C=O) groups is 2. The van der Waals surface area contributed by atoms with Crippen molar-refractivity contribution >= 4 is 45.2 Å². The molecule has 24 heavy (non-hydrogen) atoms. The Labute approximate surface area is 154 Å². The quantitative estimate of drug-likeness (QED) is 0.714. The normalized spacial score (nSPS) is 10.3. The second kappa shape index (κ2) is 8.89. The molecule has 0 radical (unpaired) electrons. The fourth-order valence-electron chi connectivity index (χ4n) is 1.94. The smallest absolute Gasteiger partial charge is 0.243 e. The number of amides is 2. The molecular formula is C18H19BrN2O2S. The van der Waals surface area contributed by atoms with Crippen molar-refractivity contribution in [3.63, 3.8) is 0 Å². The summed E-state index contributed by atoms with van der Waals surface area (Å²) in [5.74, 6) is -0.142. The van der Waals surface area contributed by atoms with E-state index in [9.17, 15) is 9.59 Å². The lowest BCUT2D eigenvalue weighted by Crippen LogP contribution is -2.33. The van der Waals surface area contributed by atoms with Crippen molar-refractivity contribution in [2.24, 2.45) is 0 Å². The fraction of sp³-hybridized carbons (Fsp3) is 0.222. The van der Waals surface area contributed by atoms with E-state index in [2.05, 4.69) is 39.6 Å². The number of aryl methyl sites for hydroxylation is 2. The molecule has 0 aliphatic rings. The summed E-state index contributed by atoms with van der Waals surface area (Å²) in [4.78, 5) is 24.8. The number of halogens is 1. The van der Waals surface area contributed by atoms with Gasteiger partial charge in [0.05, 0.1) is 18.0 Å². The number of anilines is 1. The van der Waals surface area contributed by atoms with Crippen LogP contribution in [0.2, 0.25) is 0 Å². The molecule has 0 unspecified atom stereocenters. The van der Waals surface area contributed by atoms with E-state index in [1.807, 2.05) is 37.3 Å². The molecule has 0 aliphatic carbocycles. The molecule has 2 aromatic rings. The molecule has 0 fully saturated rings. The maximum absolute atomic E-state index is 11.9. The second-order valence-corrected chi connectivity index (χ2v) is 7.24. The molecule has 126 valence electrons. The second-order valence-electron chi connectivity index (χ2n) is 5.34. The number of hydrogen-bond donors (Lipinski definition) is 2. The van der Waals surface area contributed by atoms with E-state index >= 15 is 0 Å². The van der Waals surface area contributed by atoms with Gasteiger partial charge in [0, 0.05) is 9.37 Å². The first kappa shape index (κ1) is 18.5. The van der Waals surface area contributed by atoms with Gasteiger partial charge in [0.1, 0.15) is 0 Å².